The molecule has 4 rings (SSSR count). The van der Waals surface area contributed by atoms with Crippen LogP contribution in [0, 0.1) is 11.8 Å². The van der Waals surface area contributed by atoms with Crippen LogP contribution in [0.3, 0.4) is 0 Å². The highest BCUT2D eigenvalue weighted by atomic mass is 19.4. The molecule has 0 amide bonds. The highest BCUT2D eigenvalue weighted by Crippen LogP contribution is 2.42. The SMILES string of the molecule is Cn1cc(CN2CCC3(CC2)OCCC3CCOCC2CCCC2)cn1.O=C(O)C(F)(F)F. The minimum atomic E-state index is -5.08. The second kappa shape index (κ2) is 11.7. The van der Waals surface area contributed by atoms with Crippen molar-refractivity contribution in [2.45, 2.75) is 69.7 Å². The third-order valence-electron chi connectivity index (χ3n) is 7.15. The first-order chi connectivity index (χ1) is 15.7. The number of likely N-dealkylation sites (tertiary alicyclic amines) is 1. The maximum Gasteiger partial charge on any atom is 0.490 e. The maximum absolute atomic E-state index is 10.6. The van der Waals surface area contributed by atoms with Crippen molar-refractivity contribution in [3.8, 4) is 0 Å². The van der Waals surface area contributed by atoms with E-state index in [1.54, 1.807) is 0 Å². The molecule has 3 heterocycles. The number of rotatable bonds is 7. The first-order valence-corrected chi connectivity index (χ1v) is 11.9. The van der Waals surface area contributed by atoms with Crippen molar-refractivity contribution in [1.82, 2.24) is 14.7 Å². The van der Waals surface area contributed by atoms with Gasteiger partial charge in [0.15, 0.2) is 0 Å². The predicted octanol–water partition coefficient (Wildman–Crippen LogP) is 4.02. The van der Waals surface area contributed by atoms with Crippen molar-refractivity contribution in [1.29, 1.82) is 0 Å². The number of halogens is 3. The molecule has 1 spiro atoms. The summed E-state index contributed by atoms with van der Waals surface area (Å²) in [5.74, 6) is -1.24. The number of aromatic nitrogens is 2. The van der Waals surface area contributed by atoms with E-state index in [4.69, 9.17) is 19.4 Å². The molecule has 0 radical (unpaired) electrons. The Morgan fingerprint density at radius 3 is 2.52 bits per heavy atom. The number of hydrogen-bond acceptors (Lipinski definition) is 5. The largest absolute Gasteiger partial charge is 0.490 e. The van der Waals surface area contributed by atoms with Crippen LogP contribution in [0.5, 0.6) is 0 Å². The lowest BCUT2D eigenvalue weighted by Crippen LogP contribution is -2.47. The molecule has 0 aromatic carbocycles. The first kappa shape index (κ1) is 26.0. The molecule has 2 aliphatic heterocycles. The lowest BCUT2D eigenvalue weighted by molar-refractivity contribution is -0.192. The van der Waals surface area contributed by atoms with Crippen LogP contribution in [0.25, 0.3) is 0 Å². The number of piperidine rings is 1. The Hall–Kier alpha value is -1.65. The van der Waals surface area contributed by atoms with Gasteiger partial charge in [0.1, 0.15) is 0 Å². The van der Waals surface area contributed by atoms with Gasteiger partial charge in [-0.25, -0.2) is 4.79 Å². The van der Waals surface area contributed by atoms with E-state index >= 15 is 0 Å². The van der Waals surface area contributed by atoms with Crippen LogP contribution >= 0.6 is 0 Å². The molecule has 188 valence electrons. The monoisotopic (exact) mass is 475 g/mol. The van der Waals surface area contributed by atoms with Gasteiger partial charge in [0, 0.05) is 58.3 Å². The van der Waals surface area contributed by atoms with Crippen molar-refractivity contribution < 1.29 is 32.5 Å². The fourth-order valence-corrected chi connectivity index (χ4v) is 5.30. The Bertz CT molecular complexity index is 742. The number of carboxylic acid groups (broad SMARTS) is 1. The lowest BCUT2D eigenvalue weighted by Gasteiger charge is -2.42. The molecule has 1 aromatic rings. The van der Waals surface area contributed by atoms with E-state index in [1.807, 2.05) is 17.9 Å². The maximum atomic E-state index is 10.6. The van der Waals surface area contributed by atoms with Gasteiger partial charge in [-0.05, 0) is 50.4 Å². The summed E-state index contributed by atoms with van der Waals surface area (Å²) in [6.45, 7) is 6.13. The second-order valence-electron chi connectivity index (χ2n) is 9.51. The van der Waals surface area contributed by atoms with Crippen molar-refractivity contribution >= 4 is 5.97 Å². The summed E-state index contributed by atoms with van der Waals surface area (Å²) in [6.07, 6.45) is 9.33. The van der Waals surface area contributed by atoms with Crippen LogP contribution in [0.15, 0.2) is 12.4 Å². The molecular weight excluding hydrogens is 439 g/mol. The van der Waals surface area contributed by atoms with Gasteiger partial charge in [-0.1, -0.05) is 12.8 Å². The number of alkyl halides is 3. The van der Waals surface area contributed by atoms with Gasteiger partial charge in [0.05, 0.1) is 11.8 Å². The summed E-state index contributed by atoms with van der Waals surface area (Å²) in [5, 5.41) is 11.4. The van der Waals surface area contributed by atoms with Crippen LogP contribution in [0.1, 0.15) is 56.9 Å². The van der Waals surface area contributed by atoms with Crippen LogP contribution in [0.2, 0.25) is 0 Å². The van der Waals surface area contributed by atoms with E-state index in [0.717, 1.165) is 45.4 Å². The van der Waals surface area contributed by atoms with E-state index in [1.165, 1.54) is 56.9 Å². The van der Waals surface area contributed by atoms with Gasteiger partial charge in [-0.3, -0.25) is 9.58 Å². The molecule has 10 heteroatoms. The number of aryl methyl sites for hydroxylation is 1. The number of carbonyl (C=O) groups is 1. The fraction of sp³-hybridized carbons (Fsp3) is 0.826. The molecule has 2 saturated heterocycles. The zero-order valence-corrected chi connectivity index (χ0v) is 19.4. The zero-order valence-electron chi connectivity index (χ0n) is 19.4. The van der Waals surface area contributed by atoms with Crippen LogP contribution in [-0.2, 0) is 27.9 Å². The second-order valence-corrected chi connectivity index (χ2v) is 9.51. The van der Waals surface area contributed by atoms with Crippen molar-refractivity contribution in [3.05, 3.63) is 18.0 Å². The van der Waals surface area contributed by atoms with E-state index in [9.17, 15) is 13.2 Å². The van der Waals surface area contributed by atoms with Crippen LogP contribution in [-0.4, -0.2) is 70.4 Å². The van der Waals surface area contributed by atoms with Crippen molar-refractivity contribution in [3.63, 3.8) is 0 Å². The number of hydrogen-bond donors (Lipinski definition) is 1. The molecule has 3 fully saturated rings. The lowest BCUT2D eigenvalue weighted by atomic mass is 9.78. The Kier molecular flexibility index (Phi) is 9.17. The van der Waals surface area contributed by atoms with Crippen LogP contribution in [0.4, 0.5) is 13.2 Å². The predicted molar refractivity (Wildman–Crippen MR) is 116 cm³/mol. The highest BCUT2D eigenvalue weighted by Gasteiger charge is 2.45. The van der Waals surface area contributed by atoms with Crippen molar-refractivity contribution in [2.24, 2.45) is 18.9 Å². The molecule has 1 aliphatic carbocycles. The molecule has 1 N–H and O–H groups in total. The third-order valence-corrected chi connectivity index (χ3v) is 7.15. The zero-order chi connectivity index (χ0) is 23.9. The topological polar surface area (TPSA) is 76.8 Å². The molecule has 1 saturated carbocycles. The summed E-state index contributed by atoms with van der Waals surface area (Å²) in [5.41, 5.74) is 1.44. The Morgan fingerprint density at radius 1 is 1.27 bits per heavy atom. The van der Waals surface area contributed by atoms with Gasteiger partial charge in [0.25, 0.3) is 0 Å². The third kappa shape index (κ3) is 7.68. The Morgan fingerprint density at radius 2 is 1.94 bits per heavy atom. The molecule has 0 bridgehead atoms. The average Bonchev–Trinajstić information content (AvgIpc) is 3.50. The molecular formula is C23H36F3N3O4. The summed E-state index contributed by atoms with van der Waals surface area (Å²) in [7, 11) is 1.99. The fourth-order valence-electron chi connectivity index (χ4n) is 5.30. The van der Waals surface area contributed by atoms with Gasteiger partial charge in [-0.2, -0.15) is 18.3 Å². The van der Waals surface area contributed by atoms with Gasteiger partial charge < -0.3 is 14.6 Å². The normalized spacial score (nSPS) is 23.6. The van der Waals surface area contributed by atoms with E-state index in [2.05, 4.69) is 16.2 Å². The Balaban J connectivity index is 0.000000383. The number of nitrogens with zero attached hydrogens (tertiary/aromatic N) is 3. The summed E-state index contributed by atoms with van der Waals surface area (Å²) in [6, 6.07) is 0. The average molecular weight is 476 g/mol. The van der Waals surface area contributed by atoms with Gasteiger partial charge in [0.2, 0.25) is 0 Å². The van der Waals surface area contributed by atoms with E-state index < -0.39 is 12.1 Å². The molecule has 7 nitrogen and oxygen atoms in total. The molecule has 3 aliphatic rings. The van der Waals surface area contributed by atoms with Gasteiger partial charge >= 0.3 is 12.1 Å². The van der Waals surface area contributed by atoms with Crippen molar-refractivity contribution in [2.75, 3.05) is 32.9 Å². The quantitative estimate of drug-likeness (QED) is 0.601. The first-order valence-electron chi connectivity index (χ1n) is 11.9. The number of ether oxygens (including phenoxy) is 2. The summed E-state index contributed by atoms with van der Waals surface area (Å²) >= 11 is 0. The minimum Gasteiger partial charge on any atom is -0.475 e. The van der Waals surface area contributed by atoms with E-state index in [0.29, 0.717) is 5.92 Å². The smallest absolute Gasteiger partial charge is 0.475 e. The molecule has 33 heavy (non-hydrogen) atoms. The van der Waals surface area contributed by atoms with Crippen LogP contribution < -0.4 is 0 Å². The molecule has 1 unspecified atom stereocenters. The summed E-state index contributed by atoms with van der Waals surface area (Å²) in [4.78, 5) is 11.4. The van der Waals surface area contributed by atoms with Gasteiger partial charge in [-0.15, -0.1) is 0 Å². The minimum absolute atomic E-state index is 0.127. The standard InChI is InChI=1S/C21H35N3O2.C2HF3O2/c1-23-15-19(14-22-23)16-24-10-8-21(9-11-24)20(7-13-26-21)6-12-25-17-18-4-2-3-5-18;3-2(4,5)1(6)7/h14-15,18,20H,2-13,16-17H2,1H3;(H,6,7). The van der Waals surface area contributed by atoms with E-state index in [-0.39, 0.29) is 5.60 Å². The highest BCUT2D eigenvalue weighted by molar-refractivity contribution is 5.73. The Labute approximate surface area is 193 Å². The summed E-state index contributed by atoms with van der Waals surface area (Å²) < 4.78 is 46.0. The number of carboxylic acids is 1. The molecule has 1 atom stereocenters. The molecule has 1 aromatic heterocycles. The number of aliphatic carboxylic acids is 1.